The zero-order valence-corrected chi connectivity index (χ0v) is 11.2. The fourth-order valence-electron chi connectivity index (χ4n) is 2.13. The maximum absolute atomic E-state index is 13.6. The Labute approximate surface area is 116 Å². The van der Waals surface area contributed by atoms with Crippen molar-refractivity contribution in [1.82, 2.24) is 0 Å². The number of fused-ring (bicyclic) bond motifs is 1. The van der Waals surface area contributed by atoms with E-state index in [9.17, 15) is 4.39 Å². The molecule has 1 unspecified atom stereocenters. The summed E-state index contributed by atoms with van der Waals surface area (Å²) < 4.78 is 19.5. The van der Waals surface area contributed by atoms with Gasteiger partial charge in [-0.2, -0.15) is 0 Å². The molecule has 4 heteroatoms. The van der Waals surface area contributed by atoms with E-state index in [0.717, 1.165) is 11.3 Å². The van der Waals surface area contributed by atoms with Crippen molar-refractivity contribution >= 4 is 17.3 Å². The molecule has 2 aromatic carbocycles. The number of anilines is 1. The van der Waals surface area contributed by atoms with Gasteiger partial charge in [-0.25, -0.2) is 4.39 Å². The summed E-state index contributed by atoms with van der Waals surface area (Å²) in [5.74, 6) is 0.489. The van der Waals surface area contributed by atoms with Crippen LogP contribution in [0.2, 0.25) is 5.02 Å². The smallest absolute Gasteiger partial charge is 0.144 e. The predicted octanol–water partition coefficient (Wildman–Crippen LogP) is 4.33. The van der Waals surface area contributed by atoms with Gasteiger partial charge in [-0.05, 0) is 36.2 Å². The number of nitrogens with one attached hydrogen (secondary N) is 1. The largest absolute Gasteiger partial charge is 0.482 e. The fourth-order valence-corrected chi connectivity index (χ4v) is 2.29. The van der Waals surface area contributed by atoms with Crippen LogP contribution in [0.4, 0.5) is 10.1 Å². The van der Waals surface area contributed by atoms with Crippen LogP contribution in [0.15, 0.2) is 36.4 Å². The average molecular weight is 278 g/mol. The Bertz CT molecular complexity index is 630. The highest BCUT2D eigenvalue weighted by Crippen LogP contribution is 2.36. The minimum absolute atomic E-state index is 0.207. The monoisotopic (exact) mass is 277 g/mol. The van der Waals surface area contributed by atoms with E-state index in [1.807, 2.05) is 18.2 Å². The van der Waals surface area contributed by atoms with E-state index in [0.29, 0.717) is 22.9 Å². The summed E-state index contributed by atoms with van der Waals surface area (Å²) in [6.45, 7) is 2.35. The molecule has 0 aliphatic carbocycles. The lowest BCUT2D eigenvalue weighted by Crippen LogP contribution is -2.23. The van der Waals surface area contributed by atoms with Crippen molar-refractivity contribution in [1.29, 1.82) is 0 Å². The molecular weight excluding hydrogens is 265 g/mol. The van der Waals surface area contributed by atoms with Crippen molar-refractivity contribution in [2.75, 3.05) is 11.9 Å². The van der Waals surface area contributed by atoms with Gasteiger partial charge in [0, 0.05) is 11.1 Å². The highest BCUT2D eigenvalue weighted by Gasteiger charge is 2.21. The summed E-state index contributed by atoms with van der Waals surface area (Å²) >= 11 is 5.95. The number of halogens is 2. The summed E-state index contributed by atoms with van der Waals surface area (Å²) in [6, 6.07) is 10.6. The van der Waals surface area contributed by atoms with Crippen LogP contribution < -0.4 is 10.1 Å². The van der Waals surface area contributed by atoms with Crippen LogP contribution in [0.25, 0.3) is 0 Å². The molecule has 1 aliphatic heterocycles. The number of aryl methyl sites for hydroxylation is 1. The van der Waals surface area contributed by atoms with Gasteiger partial charge >= 0.3 is 0 Å². The topological polar surface area (TPSA) is 21.3 Å². The molecule has 0 saturated heterocycles. The van der Waals surface area contributed by atoms with Crippen molar-refractivity contribution in [3.05, 3.63) is 58.4 Å². The third-order valence-corrected chi connectivity index (χ3v) is 3.49. The maximum atomic E-state index is 13.6. The Morgan fingerprint density at radius 3 is 2.89 bits per heavy atom. The first-order valence-corrected chi connectivity index (χ1v) is 6.47. The van der Waals surface area contributed by atoms with Gasteiger partial charge in [-0.3, -0.25) is 0 Å². The summed E-state index contributed by atoms with van der Waals surface area (Å²) in [4.78, 5) is 0. The first-order chi connectivity index (χ1) is 9.13. The second kappa shape index (κ2) is 4.74. The second-order valence-electron chi connectivity index (χ2n) is 4.64. The summed E-state index contributed by atoms with van der Waals surface area (Å²) in [6.07, 6.45) is -0.207. The van der Waals surface area contributed by atoms with Gasteiger partial charge in [0.15, 0.2) is 0 Å². The molecule has 98 valence electrons. The molecule has 0 radical (unpaired) electrons. The molecule has 1 aliphatic rings. The van der Waals surface area contributed by atoms with Gasteiger partial charge in [0.2, 0.25) is 0 Å². The lowest BCUT2D eigenvalue weighted by molar-refractivity contribution is 0.210. The molecule has 19 heavy (non-hydrogen) atoms. The van der Waals surface area contributed by atoms with Crippen LogP contribution in [0.3, 0.4) is 0 Å². The molecule has 0 aromatic heterocycles. The standard InChI is InChI=1S/C15H13ClFNO/c1-9-2-3-10(6-12(9)17)15-8-18-13-5-4-11(16)7-14(13)19-15/h2-7,15,18H,8H2,1H3. The molecule has 1 atom stereocenters. The summed E-state index contributed by atoms with van der Waals surface area (Å²) in [5.41, 5.74) is 2.37. The number of rotatable bonds is 1. The maximum Gasteiger partial charge on any atom is 0.144 e. The van der Waals surface area contributed by atoms with Gasteiger partial charge in [0.25, 0.3) is 0 Å². The minimum Gasteiger partial charge on any atom is -0.482 e. The molecule has 2 aromatic rings. The Kier molecular flexibility index (Phi) is 3.07. The SMILES string of the molecule is Cc1ccc(C2CNc3ccc(Cl)cc3O2)cc1F. The van der Waals surface area contributed by atoms with E-state index in [1.165, 1.54) is 6.07 Å². The van der Waals surface area contributed by atoms with Crippen LogP contribution in [-0.2, 0) is 0 Å². The third kappa shape index (κ3) is 2.38. The Morgan fingerprint density at radius 2 is 2.11 bits per heavy atom. The Balaban J connectivity index is 1.90. The Morgan fingerprint density at radius 1 is 1.26 bits per heavy atom. The van der Waals surface area contributed by atoms with E-state index in [1.54, 1.807) is 19.1 Å². The molecule has 1 N–H and O–H groups in total. The number of hydrogen-bond donors (Lipinski definition) is 1. The molecule has 0 fully saturated rings. The number of ether oxygens (including phenoxy) is 1. The Hall–Kier alpha value is -1.74. The molecule has 0 spiro atoms. The molecule has 0 saturated carbocycles. The quantitative estimate of drug-likeness (QED) is 0.837. The van der Waals surface area contributed by atoms with Crippen LogP contribution >= 0.6 is 11.6 Å². The molecule has 0 bridgehead atoms. The van der Waals surface area contributed by atoms with E-state index in [-0.39, 0.29) is 11.9 Å². The molecule has 2 nitrogen and oxygen atoms in total. The van der Waals surface area contributed by atoms with Crippen molar-refractivity contribution in [2.45, 2.75) is 13.0 Å². The van der Waals surface area contributed by atoms with Crippen molar-refractivity contribution in [3.63, 3.8) is 0 Å². The lowest BCUT2D eigenvalue weighted by atomic mass is 10.1. The van der Waals surface area contributed by atoms with Gasteiger partial charge in [-0.15, -0.1) is 0 Å². The van der Waals surface area contributed by atoms with Gasteiger partial charge in [0.1, 0.15) is 17.7 Å². The van der Waals surface area contributed by atoms with Crippen LogP contribution in [0.5, 0.6) is 5.75 Å². The van der Waals surface area contributed by atoms with Crippen molar-refractivity contribution in [2.24, 2.45) is 0 Å². The van der Waals surface area contributed by atoms with Gasteiger partial charge < -0.3 is 10.1 Å². The van der Waals surface area contributed by atoms with Crippen LogP contribution in [-0.4, -0.2) is 6.54 Å². The molecular formula is C15H13ClFNO. The molecule has 1 heterocycles. The van der Waals surface area contributed by atoms with Crippen molar-refractivity contribution in [3.8, 4) is 5.75 Å². The first kappa shape index (κ1) is 12.3. The number of benzene rings is 2. The normalized spacial score (nSPS) is 17.3. The minimum atomic E-state index is -0.210. The highest BCUT2D eigenvalue weighted by atomic mass is 35.5. The van der Waals surface area contributed by atoms with E-state index in [4.69, 9.17) is 16.3 Å². The molecule has 0 amide bonds. The predicted molar refractivity (Wildman–Crippen MR) is 74.4 cm³/mol. The van der Waals surface area contributed by atoms with Gasteiger partial charge in [-0.1, -0.05) is 23.7 Å². The van der Waals surface area contributed by atoms with Crippen LogP contribution in [0, 0.1) is 12.7 Å². The van der Waals surface area contributed by atoms with Crippen LogP contribution in [0.1, 0.15) is 17.2 Å². The third-order valence-electron chi connectivity index (χ3n) is 3.26. The fraction of sp³-hybridized carbons (Fsp3) is 0.200. The highest BCUT2D eigenvalue weighted by molar-refractivity contribution is 6.30. The van der Waals surface area contributed by atoms with E-state index in [2.05, 4.69) is 5.32 Å². The lowest BCUT2D eigenvalue weighted by Gasteiger charge is -2.28. The number of hydrogen-bond acceptors (Lipinski definition) is 2. The molecule has 3 rings (SSSR count). The first-order valence-electron chi connectivity index (χ1n) is 6.09. The van der Waals surface area contributed by atoms with Crippen molar-refractivity contribution < 1.29 is 9.13 Å². The zero-order chi connectivity index (χ0) is 13.4. The van der Waals surface area contributed by atoms with Gasteiger partial charge in [0.05, 0.1) is 12.2 Å². The second-order valence-corrected chi connectivity index (χ2v) is 5.07. The average Bonchev–Trinajstić information content (AvgIpc) is 2.41. The summed E-state index contributed by atoms with van der Waals surface area (Å²) in [5, 5.41) is 3.89. The zero-order valence-electron chi connectivity index (χ0n) is 10.4. The summed E-state index contributed by atoms with van der Waals surface area (Å²) in [7, 11) is 0. The van der Waals surface area contributed by atoms with E-state index >= 15 is 0 Å². The van der Waals surface area contributed by atoms with E-state index < -0.39 is 0 Å².